The van der Waals surface area contributed by atoms with E-state index in [2.05, 4.69) is 5.32 Å². The van der Waals surface area contributed by atoms with Crippen LogP contribution in [0.4, 0.5) is 0 Å². The molecule has 0 unspecified atom stereocenters. The molecular formula is C12H18ClNO3S. The lowest BCUT2D eigenvalue weighted by Gasteiger charge is -2.07. The van der Waals surface area contributed by atoms with Crippen LogP contribution < -0.4 is 5.32 Å². The SMILES string of the molecule is CCOCCNCCS(=O)(=O)c1ccccc1Cl. The first-order valence-corrected chi connectivity index (χ1v) is 7.86. The fourth-order valence-electron chi connectivity index (χ4n) is 1.43. The number of benzene rings is 1. The number of hydrogen-bond donors (Lipinski definition) is 1. The van der Waals surface area contributed by atoms with E-state index in [9.17, 15) is 8.42 Å². The van der Waals surface area contributed by atoms with Gasteiger partial charge in [-0.05, 0) is 19.1 Å². The van der Waals surface area contributed by atoms with Crippen molar-refractivity contribution in [3.63, 3.8) is 0 Å². The molecule has 0 aliphatic heterocycles. The van der Waals surface area contributed by atoms with Crippen molar-refractivity contribution in [3.05, 3.63) is 29.3 Å². The highest BCUT2D eigenvalue weighted by Crippen LogP contribution is 2.21. The van der Waals surface area contributed by atoms with Crippen molar-refractivity contribution in [1.82, 2.24) is 5.32 Å². The molecule has 4 nitrogen and oxygen atoms in total. The predicted octanol–water partition coefficient (Wildman–Crippen LogP) is 1.74. The Balaban J connectivity index is 2.44. The molecule has 1 aromatic rings. The van der Waals surface area contributed by atoms with Gasteiger partial charge in [0, 0.05) is 19.7 Å². The van der Waals surface area contributed by atoms with Crippen LogP contribution in [0.2, 0.25) is 5.02 Å². The topological polar surface area (TPSA) is 55.4 Å². The summed E-state index contributed by atoms with van der Waals surface area (Å²) >= 11 is 5.87. The molecule has 0 aliphatic rings. The van der Waals surface area contributed by atoms with Gasteiger partial charge in [-0.3, -0.25) is 0 Å². The molecule has 0 atom stereocenters. The number of rotatable bonds is 8. The van der Waals surface area contributed by atoms with E-state index in [1.807, 2.05) is 6.92 Å². The predicted molar refractivity (Wildman–Crippen MR) is 72.9 cm³/mol. The van der Waals surface area contributed by atoms with Gasteiger partial charge >= 0.3 is 0 Å². The average molecular weight is 292 g/mol. The third-order valence-electron chi connectivity index (χ3n) is 2.35. The first kappa shape index (κ1) is 15.4. The Morgan fingerprint density at radius 2 is 2.00 bits per heavy atom. The van der Waals surface area contributed by atoms with Crippen molar-refractivity contribution >= 4 is 21.4 Å². The Morgan fingerprint density at radius 3 is 2.67 bits per heavy atom. The van der Waals surface area contributed by atoms with Crippen LogP contribution in [0, 0.1) is 0 Å². The van der Waals surface area contributed by atoms with E-state index in [-0.39, 0.29) is 15.7 Å². The number of halogens is 1. The molecule has 102 valence electrons. The second-order valence-electron chi connectivity index (χ2n) is 3.70. The summed E-state index contributed by atoms with van der Waals surface area (Å²) < 4.78 is 29.1. The zero-order chi connectivity index (χ0) is 13.4. The fraction of sp³-hybridized carbons (Fsp3) is 0.500. The van der Waals surface area contributed by atoms with E-state index < -0.39 is 9.84 Å². The van der Waals surface area contributed by atoms with E-state index in [1.54, 1.807) is 18.2 Å². The maximum atomic E-state index is 12.0. The van der Waals surface area contributed by atoms with Crippen LogP contribution in [-0.2, 0) is 14.6 Å². The quantitative estimate of drug-likeness (QED) is 0.741. The van der Waals surface area contributed by atoms with E-state index in [1.165, 1.54) is 6.07 Å². The van der Waals surface area contributed by atoms with E-state index in [0.29, 0.717) is 26.3 Å². The van der Waals surface area contributed by atoms with Crippen molar-refractivity contribution in [1.29, 1.82) is 0 Å². The zero-order valence-corrected chi connectivity index (χ0v) is 11.9. The lowest BCUT2D eigenvalue weighted by Crippen LogP contribution is -2.26. The zero-order valence-electron chi connectivity index (χ0n) is 10.4. The van der Waals surface area contributed by atoms with Gasteiger partial charge < -0.3 is 10.1 Å². The van der Waals surface area contributed by atoms with Gasteiger partial charge in [0.15, 0.2) is 9.84 Å². The fourth-order valence-corrected chi connectivity index (χ4v) is 3.20. The second kappa shape index (κ2) is 7.74. The number of sulfone groups is 1. The Morgan fingerprint density at radius 1 is 1.28 bits per heavy atom. The summed E-state index contributed by atoms with van der Waals surface area (Å²) in [6.45, 7) is 4.20. The third-order valence-corrected chi connectivity index (χ3v) is 4.56. The summed E-state index contributed by atoms with van der Waals surface area (Å²) in [5, 5.41) is 3.29. The summed E-state index contributed by atoms with van der Waals surface area (Å²) in [7, 11) is -3.32. The maximum absolute atomic E-state index is 12.0. The smallest absolute Gasteiger partial charge is 0.181 e. The van der Waals surface area contributed by atoms with Crippen molar-refractivity contribution in [2.45, 2.75) is 11.8 Å². The van der Waals surface area contributed by atoms with E-state index >= 15 is 0 Å². The maximum Gasteiger partial charge on any atom is 0.181 e. The largest absolute Gasteiger partial charge is 0.380 e. The van der Waals surface area contributed by atoms with Crippen LogP contribution in [-0.4, -0.2) is 40.5 Å². The molecule has 0 bridgehead atoms. The lowest BCUT2D eigenvalue weighted by molar-refractivity contribution is 0.150. The Kier molecular flexibility index (Phi) is 6.63. The highest BCUT2D eigenvalue weighted by atomic mass is 35.5. The molecule has 1 rings (SSSR count). The molecule has 6 heteroatoms. The lowest BCUT2D eigenvalue weighted by atomic mass is 10.4. The van der Waals surface area contributed by atoms with Crippen LogP contribution in [0.5, 0.6) is 0 Å². The first-order chi connectivity index (χ1) is 8.58. The minimum atomic E-state index is -3.32. The molecule has 0 radical (unpaired) electrons. The van der Waals surface area contributed by atoms with Gasteiger partial charge in [0.05, 0.1) is 22.3 Å². The Hall–Kier alpha value is -0.620. The van der Waals surface area contributed by atoms with Crippen LogP contribution in [0.25, 0.3) is 0 Å². The van der Waals surface area contributed by atoms with Crippen molar-refractivity contribution in [2.75, 3.05) is 32.1 Å². The summed E-state index contributed by atoms with van der Waals surface area (Å²) in [5.41, 5.74) is 0. The van der Waals surface area contributed by atoms with Gasteiger partial charge in [-0.25, -0.2) is 8.42 Å². The minimum absolute atomic E-state index is 0.0306. The van der Waals surface area contributed by atoms with Gasteiger partial charge in [0.25, 0.3) is 0 Å². The van der Waals surface area contributed by atoms with Crippen molar-refractivity contribution in [2.24, 2.45) is 0 Å². The molecule has 1 N–H and O–H groups in total. The van der Waals surface area contributed by atoms with Gasteiger partial charge in [-0.1, -0.05) is 23.7 Å². The molecule has 0 heterocycles. The van der Waals surface area contributed by atoms with Gasteiger partial charge in [-0.15, -0.1) is 0 Å². The molecule has 0 aromatic heterocycles. The molecule has 18 heavy (non-hydrogen) atoms. The summed E-state index contributed by atoms with van der Waals surface area (Å²) in [6.07, 6.45) is 0. The summed E-state index contributed by atoms with van der Waals surface area (Å²) in [6, 6.07) is 6.48. The van der Waals surface area contributed by atoms with Crippen LogP contribution in [0.1, 0.15) is 6.92 Å². The Labute approximate surface area is 113 Å². The highest BCUT2D eigenvalue weighted by molar-refractivity contribution is 7.91. The van der Waals surface area contributed by atoms with Crippen molar-refractivity contribution < 1.29 is 13.2 Å². The van der Waals surface area contributed by atoms with Gasteiger partial charge in [-0.2, -0.15) is 0 Å². The molecule has 0 aliphatic carbocycles. The standard InChI is InChI=1S/C12H18ClNO3S/c1-2-17-9-7-14-8-10-18(15,16)12-6-4-3-5-11(12)13/h3-6,14H,2,7-10H2,1H3. The van der Waals surface area contributed by atoms with Crippen LogP contribution in [0.3, 0.4) is 0 Å². The highest BCUT2D eigenvalue weighted by Gasteiger charge is 2.16. The Bertz CT molecular complexity index is 462. The van der Waals surface area contributed by atoms with Crippen LogP contribution in [0.15, 0.2) is 29.2 Å². The number of hydrogen-bond acceptors (Lipinski definition) is 4. The molecular weight excluding hydrogens is 274 g/mol. The summed E-state index contributed by atoms with van der Waals surface area (Å²) in [5.74, 6) is 0.0306. The number of nitrogens with one attached hydrogen (secondary N) is 1. The van der Waals surface area contributed by atoms with Gasteiger partial charge in [0.2, 0.25) is 0 Å². The second-order valence-corrected chi connectivity index (χ2v) is 6.18. The molecule has 0 amide bonds. The summed E-state index contributed by atoms with van der Waals surface area (Å²) in [4.78, 5) is 0.193. The van der Waals surface area contributed by atoms with Crippen molar-refractivity contribution in [3.8, 4) is 0 Å². The molecule has 1 aromatic carbocycles. The van der Waals surface area contributed by atoms with Crippen LogP contribution >= 0.6 is 11.6 Å². The van der Waals surface area contributed by atoms with E-state index in [4.69, 9.17) is 16.3 Å². The van der Waals surface area contributed by atoms with E-state index in [0.717, 1.165) is 0 Å². The first-order valence-electron chi connectivity index (χ1n) is 5.83. The third kappa shape index (κ3) is 4.94. The molecule has 0 saturated heterocycles. The average Bonchev–Trinajstić information content (AvgIpc) is 2.34. The molecule has 0 fully saturated rings. The normalized spacial score (nSPS) is 11.7. The monoisotopic (exact) mass is 291 g/mol. The molecule has 0 spiro atoms. The molecule has 0 saturated carbocycles. The number of ether oxygens (including phenoxy) is 1. The van der Waals surface area contributed by atoms with Gasteiger partial charge in [0.1, 0.15) is 0 Å². The minimum Gasteiger partial charge on any atom is -0.380 e.